The van der Waals surface area contributed by atoms with Crippen molar-refractivity contribution < 1.29 is 19.4 Å². The Morgan fingerprint density at radius 1 is 1.00 bits per heavy atom. The molecule has 1 fully saturated rings. The van der Waals surface area contributed by atoms with Crippen molar-refractivity contribution in [2.24, 2.45) is 0 Å². The number of aromatic nitrogens is 1. The van der Waals surface area contributed by atoms with E-state index in [9.17, 15) is 14.7 Å². The van der Waals surface area contributed by atoms with E-state index in [1.807, 2.05) is 12.1 Å². The number of nitrogens with one attached hydrogen (secondary N) is 3. The van der Waals surface area contributed by atoms with Crippen molar-refractivity contribution in [1.82, 2.24) is 15.6 Å². The fourth-order valence-corrected chi connectivity index (χ4v) is 3.65. The van der Waals surface area contributed by atoms with Crippen LogP contribution in [0.2, 0.25) is 0 Å². The van der Waals surface area contributed by atoms with Crippen molar-refractivity contribution in [3.05, 3.63) is 83.7 Å². The van der Waals surface area contributed by atoms with Gasteiger partial charge >= 0.3 is 0 Å². The maximum Gasteiger partial charge on any atom is 0.251 e. The molecule has 4 rings (SSSR count). The van der Waals surface area contributed by atoms with E-state index < -0.39 is 0 Å². The SMILES string of the molecule is COc1ccc(C(=O)c2ccc(N[C@@H]3CNC[C@H]3NC(=O)c3ccncc3)cc2)c(O)c1. The lowest BCUT2D eigenvalue weighted by atomic mass is 10.0. The molecule has 3 aromatic rings. The van der Waals surface area contributed by atoms with Crippen LogP contribution >= 0.6 is 0 Å². The van der Waals surface area contributed by atoms with Gasteiger partial charge in [-0.15, -0.1) is 0 Å². The van der Waals surface area contributed by atoms with Crippen LogP contribution in [-0.2, 0) is 0 Å². The maximum atomic E-state index is 12.7. The summed E-state index contributed by atoms with van der Waals surface area (Å²) < 4.78 is 5.06. The molecule has 1 amide bonds. The molecule has 2 atom stereocenters. The first kappa shape index (κ1) is 21.3. The number of nitrogens with zero attached hydrogens (tertiary/aromatic N) is 1. The Hall–Kier alpha value is -3.91. The van der Waals surface area contributed by atoms with Crippen molar-refractivity contribution in [3.8, 4) is 11.5 Å². The summed E-state index contributed by atoms with van der Waals surface area (Å²) in [6.07, 6.45) is 3.18. The number of hydrogen-bond acceptors (Lipinski definition) is 7. The molecule has 0 unspecified atom stereocenters. The molecule has 0 radical (unpaired) electrons. The number of ketones is 1. The Balaban J connectivity index is 1.41. The number of amides is 1. The van der Waals surface area contributed by atoms with E-state index in [2.05, 4.69) is 20.9 Å². The van der Waals surface area contributed by atoms with Crippen molar-refractivity contribution in [1.29, 1.82) is 0 Å². The molecule has 0 spiro atoms. The summed E-state index contributed by atoms with van der Waals surface area (Å²) in [6, 6.07) is 14.9. The van der Waals surface area contributed by atoms with Crippen molar-refractivity contribution in [2.45, 2.75) is 12.1 Å². The lowest BCUT2D eigenvalue weighted by Gasteiger charge is -2.22. The highest BCUT2D eigenvalue weighted by Crippen LogP contribution is 2.26. The summed E-state index contributed by atoms with van der Waals surface area (Å²) in [7, 11) is 1.50. The van der Waals surface area contributed by atoms with Crippen LogP contribution in [0.4, 0.5) is 5.69 Å². The smallest absolute Gasteiger partial charge is 0.251 e. The van der Waals surface area contributed by atoms with Crippen molar-refractivity contribution in [2.75, 3.05) is 25.5 Å². The monoisotopic (exact) mass is 432 g/mol. The minimum atomic E-state index is -0.276. The molecule has 4 N–H and O–H groups in total. The average Bonchev–Trinajstić information content (AvgIpc) is 3.25. The number of rotatable bonds is 7. The first-order valence-electron chi connectivity index (χ1n) is 10.2. The minimum Gasteiger partial charge on any atom is -0.507 e. The molecule has 0 bridgehead atoms. The molecule has 2 heterocycles. The van der Waals surface area contributed by atoms with Gasteiger partial charge in [-0.1, -0.05) is 0 Å². The number of aromatic hydroxyl groups is 1. The van der Waals surface area contributed by atoms with E-state index in [4.69, 9.17) is 4.74 Å². The van der Waals surface area contributed by atoms with Crippen molar-refractivity contribution >= 4 is 17.4 Å². The molecule has 8 heteroatoms. The zero-order chi connectivity index (χ0) is 22.5. The molecule has 8 nitrogen and oxygen atoms in total. The molecule has 0 saturated carbocycles. The number of anilines is 1. The third kappa shape index (κ3) is 4.70. The maximum absolute atomic E-state index is 12.7. The molecular weight excluding hydrogens is 408 g/mol. The third-order valence-corrected chi connectivity index (χ3v) is 5.42. The van der Waals surface area contributed by atoms with Gasteiger partial charge in [0.15, 0.2) is 5.78 Å². The van der Waals surface area contributed by atoms with Gasteiger partial charge in [0.2, 0.25) is 0 Å². The van der Waals surface area contributed by atoms with Gasteiger partial charge in [-0.25, -0.2) is 0 Å². The predicted molar refractivity (Wildman–Crippen MR) is 120 cm³/mol. The number of methoxy groups -OCH3 is 1. The highest BCUT2D eigenvalue weighted by molar-refractivity contribution is 6.10. The first-order chi connectivity index (χ1) is 15.5. The minimum absolute atomic E-state index is 0.00651. The largest absolute Gasteiger partial charge is 0.507 e. The van der Waals surface area contributed by atoms with E-state index in [0.29, 0.717) is 30.0 Å². The predicted octanol–water partition coefficient (Wildman–Crippen LogP) is 2.21. The Morgan fingerprint density at radius 3 is 2.41 bits per heavy atom. The first-order valence-corrected chi connectivity index (χ1v) is 10.2. The molecule has 1 aliphatic rings. The molecule has 1 saturated heterocycles. The Labute approximate surface area is 185 Å². The zero-order valence-corrected chi connectivity index (χ0v) is 17.5. The second kappa shape index (κ2) is 9.49. The summed E-state index contributed by atoms with van der Waals surface area (Å²) in [5.74, 6) is -0.0643. The van der Waals surface area contributed by atoms with Gasteiger partial charge in [0, 0.05) is 48.4 Å². The number of carbonyl (C=O) groups excluding carboxylic acids is 2. The lowest BCUT2D eigenvalue weighted by molar-refractivity contribution is 0.0937. The quantitative estimate of drug-likeness (QED) is 0.424. The summed E-state index contributed by atoms with van der Waals surface area (Å²) in [5.41, 5.74) is 2.07. The number of benzene rings is 2. The normalized spacial score (nSPS) is 17.5. The van der Waals surface area contributed by atoms with E-state index >= 15 is 0 Å². The number of pyridine rings is 1. The average molecular weight is 432 g/mol. The Kier molecular flexibility index (Phi) is 6.32. The van der Waals surface area contributed by atoms with Crippen LogP contribution in [0.3, 0.4) is 0 Å². The van der Waals surface area contributed by atoms with Gasteiger partial charge in [0.1, 0.15) is 11.5 Å². The molecule has 1 aromatic heterocycles. The van der Waals surface area contributed by atoms with Crippen LogP contribution in [0.25, 0.3) is 0 Å². The number of hydrogen-bond donors (Lipinski definition) is 4. The summed E-state index contributed by atoms with van der Waals surface area (Å²) >= 11 is 0. The van der Waals surface area contributed by atoms with Gasteiger partial charge in [-0.3, -0.25) is 14.6 Å². The summed E-state index contributed by atoms with van der Waals surface area (Å²) in [6.45, 7) is 1.35. The number of carbonyl (C=O) groups is 2. The van der Waals surface area contributed by atoms with Gasteiger partial charge in [0.25, 0.3) is 5.91 Å². The fraction of sp³-hybridized carbons (Fsp3) is 0.208. The fourth-order valence-electron chi connectivity index (χ4n) is 3.65. The Morgan fingerprint density at radius 2 is 1.72 bits per heavy atom. The van der Waals surface area contributed by atoms with Crippen molar-refractivity contribution in [3.63, 3.8) is 0 Å². The van der Waals surface area contributed by atoms with Gasteiger partial charge in [0.05, 0.1) is 24.8 Å². The topological polar surface area (TPSA) is 113 Å². The Bertz CT molecular complexity index is 1100. The van der Waals surface area contributed by atoms with Crippen LogP contribution < -0.4 is 20.7 Å². The molecule has 0 aliphatic carbocycles. The molecule has 32 heavy (non-hydrogen) atoms. The zero-order valence-electron chi connectivity index (χ0n) is 17.5. The standard InChI is InChI=1S/C24H24N4O4/c1-32-18-6-7-19(22(29)12-18)23(30)15-2-4-17(5-3-15)27-20-13-26-14-21(20)28-24(31)16-8-10-25-11-9-16/h2-12,20-21,26-27,29H,13-14H2,1H3,(H,28,31)/t20-,21-/m1/s1. The second-order valence-electron chi connectivity index (χ2n) is 7.51. The van der Waals surface area contributed by atoms with Crippen LogP contribution in [0, 0.1) is 0 Å². The molecule has 164 valence electrons. The van der Waals surface area contributed by atoms with Crippen LogP contribution in [0.5, 0.6) is 11.5 Å². The van der Waals surface area contributed by atoms with Crippen LogP contribution in [-0.4, -0.2) is 54.1 Å². The molecular formula is C24H24N4O4. The van der Waals surface area contributed by atoms with Gasteiger partial charge < -0.3 is 25.8 Å². The van der Waals surface area contributed by atoms with Crippen LogP contribution in [0.1, 0.15) is 26.3 Å². The lowest BCUT2D eigenvalue weighted by Crippen LogP contribution is -2.46. The van der Waals surface area contributed by atoms with Gasteiger partial charge in [-0.2, -0.15) is 0 Å². The second-order valence-corrected chi connectivity index (χ2v) is 7.51. The molecule has 1 aliphatic heterocycles. The third-order valence-electron chi connectivity index (χ3n) is 5.42. The van der Waals surface area contributed by atoms with Gasteiger partial charge in [-0.05, 0) is 48.5 Å². The van der Waals surface area contributed by atoms with E-state index in [1.165, 1.54) is 13.2 Å². The van der Waals surface area contributed by atoms with E-state index in [-0.39, 0.29) is 35.1 Å². The highest BCUT2D eigenvalue weighted by Gasteiger charge is 2.28. The number of ether oxygens (including phenoxy) is 1. The summed E-state index contributed by atoms with van der Waals surface area (Å²) in [5, 5.41) is 19.9. The summed E-state index contributed by atoms with van der Waals surface area (Å²) in [4.78, 5) is 29.1. The number of phenols is 1. The van der Waals surface area contributed by atoms with Crippen LogP contribution in [0.15, 0.2) is 67.0 Å². The van der Waals surface area contributed by atoms with E-state index in [1.54, 1.807) is 48.8 Å². The highest BCUT2D eigenvalue weighted by atomic mass is 16.5. The number of phenolic OH excluding ortho intramolecular Hbond substituents is 1. The van der Waals surface area contributed by atoms with E-state index in [0.717, 1.165) is 5.69 Å². The molecule has 2 aromatic carbocycles.